The van der Waals surface area contributed by atoms with Crippen molar-refractivity contribution in [2.75, 3.05) is 7.11 Å². The van der Waals surface area contributed by atoms with Crippen LogP contribution in [0.3, 0.4) is 0 Å². The number of methoxy groups -OCH3 is 1. The number of carbonyl (C=O) groups excluding carboxylic acids is 1. The zero-order valence-corrected chi connectivity index (χ0v) is 8.73. The maximum absolute atomic E-state index is 11.4. The number of ether oxygens (including phenoxy) is 1. The molecule has 5 heteroatoms. The van der Waals surface area contributed by atoms with E-state index in [9.17, 15) is 4.79 Å². The summed E-state index contributed by atoms with van der Waals surface area (Å²) in [7, 11) is -0.202. The third-order valence-corrected chi connectivity index (χ3v) is 2.15. The lowest BCUT2D eigenvalue weighted by Gasteiger charge is -2.08. The molecule has 0 aliphatic heterocycles. The molecule has 0 aliphatic carbocycles. The van der Waals surface area contributed by atoms with Crippen LogP contribution in [0.1, 0.15) is 23.7 Å². The van der Waals surface area contributed by atoms with Crippen molar-refractivity contribution in [2.45, 2.75) is 13.3 Å². The number of carbonyl (C=O) groups is 1. The fourth-order valence-electron chi connectivity index (χ4n) is 1.31. The molecule has 0 spiro atoms. The number of rotatable bonds is 4. The van der Waals surface area contributed by atoms with Crippen LogP contribution in [0.15, 0.2) is 18.2 Å². The van der Waals surface area contributed by atoms with Gasteiger partial charge < -0.3 is 14.8 Å². The molecule has 1 rings (SSSR count). The van der Waals surface area contributed by atoms with E-state index in [4.69, 9.17) is 14.8 Å². The first-order valence-electron chi connectivity index (χ1n) is 4.67. The van der Waals surface area contributed by atoms with Crippen molar-refractivity contribution >= 4 is 18.4 Å². The molecule has 0 aliphatic rings. The van der Waals surface area contributed by atoms with Crippen LogP contribution in [0.2, 0.25) is 0 Å². The summed E-state index contributed by atoms with van der Waals surface area (Å²) in [6.07, 6.45) is 0.382. The van der Waals surface area contributed by atoms with Gasteiger partial charge in [-0.05, 0) is 18.2 Å². The summed E-state index contributed by atoms with van der Waals surface area (Å²) in [5.41, 5.74) is 0.665. The lowest BCUT2D eigenvalue weighted by Crippen LogP contribution is -2.31. The Morgan fingerprint density at radius 3 is 2.60 bits per heavy atom. The van der Waals surface area contributed by atoms with Crippen molar-refractivity contribution in [1.82, 2.24) is 0 Å². The van der Waals surface area contributed by atoms with Crippen molar-refractivity contribution < 1.29 is 19.6 Å². The average Bonchev–Trinajstić information content (AvgIpc) is 2.27. The van der Waals surface area contributed by atoms with Crippen LogP contribution in [0.25, 0.3) is 0 Å². The van der Waals surface area contributed by atoms with E-state index in [1.54, 1.807) is 19.1 Å². The smallest absolute Gasteiger partial charge is 0.492 e. The minimum absolute atomic E-state index is 0.0421. The molecule has 80 valence electrons. The van der Waals surface area contributed by atoms with Gasteiger partial charge in [-0.25, -0.2) is 0 Å². The maximum Gasteiger partial charge on any atom is 0.492 e. The van der Waals surface area contributed by atoms with E-state index >= 15 is 0 Å². The average molecular weight is 208 g/mol. The second-order valence-corrected chi connectivity index (χ2v) is 3.11. The van der Waals surface area contributed by atoms with Crippen LogP contribution >= 0.6 is 0 Å². The van der Waals surface area contributed by atoms with Gasteiger partial charge in [0.25, 0.3) is 0 Å². The first kappa shape index (κ1) is 11.7. The Labute approximate surface area is 88.6 Å². The molecule has 0 bridgehead atoms. The van der Waals surface area contributed by atoms with Crippen molar-refractivity contribution in [1.29, 1.82) is 0 Å². The second-order valence-electron chi connectivity index (χ2n) is 3.11. The van der Waals surface area contributed by atoms with E-state index < -0.39 is 7.12 Å². The van der Waals surface area contributed by atoms with E-state index in [1.807, 2.05) is 0 Å². The lowest BCUT2D eigenvalue weighted by atomic mass is 9.78. The van der Waals surface area contributed by atoms with Crippen LogP contribution in [0.5, 0.6) is 5.75 Å². The molecule has 0 aromatic heterocycles. The summed E-state index contributed by atoms with van der Waals surface area (Å²) in [4.78, 5) is 11.4. The second kappa shape index (κ2) is 4.95. The van der Waals surface area contributed by atoms with Gasteiger partial charge in [-0.3, -0.25) is 4.79 Å². The number of hydrogen-bond acceptors (Lipinski definition) is 4. The largest absolute Gasteiger partial charge is 0.497 e. The van der Waals surface area contributed by atoms with Gasteiger partial charge in [0.1, 0.15) is 5.75 Å². The molecule has 0 amide bonds. The van der Waals surface area contributed by atoms with E-state index in [0.717, 1.165) is 0 Å². The number of ketones is 1. The van der Waals surface area contributed by atoms with Crippen LogP contribution < -0.4 is 10.2 Å². The molecule has 0 saturated heterocycles. The van der Waals surface area contributed by atoms with E-state index in [2.05, 4.69) is 0 Å². The Balaban J connectivity index is 3.16. The Kier molecular flexibility index (Phi) is 3.88. The molecule has 1 aromatic carbocycles. The summed E-state index contributed by atoms with van der Waals surface area (Å²) >= 11 is 0. The number of hydrogen-bond donors (Lipinski definition) is 2. The molecule has 4 nitrogen and oxygen atoms in total. The fourth-order valence-corrected chi connectivity index (χ4v) is 1.31. The Morgan fingerprint density at radius 2 is 2.13 bits per heavy atom. The van der Waals surface area contributed by atoms with Crippen LogP contribution in [-0.4, -0.2) is 30.1 Å². The van der Waals surface area contributed by atoms with Gasteiger partial charge in [0.15, 0.2) is 5.78 Å². The highest BCUT2D eigenvalue weighted by molar-refractivity contribution is 6.59. The molecule has 0 radical (unpaired) electrons. The maximum atomic E-state index is 11.4. The van der Waals surface area contributed by atoms with E-state index in [0.29, 0.717) is 17.7 Å². The quantitative estimate of drug-likeness (QED) is 0.538. The highest BCUT2D eigenvalue weighted by Gasteiger charge is 2.18. The van der Waals surface area contributed by atoms with Crippen molar-refractivity contribution in [3.05, 3.63) is 23.8 Å². The fraction of sp³-hybridized carbons (Fsp3) is 0.300. The highest BCUT2D eigenvalue weighted by atomic mass is 16.5. The van der Waals surface area contributed by atoms with Crippen molar-refractivity contribution in [2.24, 2.45) is 0 Å². The van der Waals surface area contributed by atoms with E-state index in [1.165, 1.54) is 13.2 Å². The summed E-state index contributed by atoms with van der Waals surface area (Å²) in [5, 5.41) is 18.2. The van der Waals surface area contributed by atoms with Gasteiger partial charge in [0, 0.05) is 17.4 Å². The van der Waals surface area contributed by atoms with Crippen molar-refractivity contribution in [3.8, 4) is 5.75 Å². The Hall–Kier alpha value is -1.33. The summed E-state index contributed by atoms with van der Waals surface area (Å²) in [6, 6.07) is 4.60. The molecular formula is C10H13BO4. The predicted molar refractivity (Wildman–Crippen MR) is 57.4 cm³/mol. The third-order valence-electron chi connectivity index (χ3n) is 2.15. The topological polar surface area (TPSA) is 66.8 Å². The first-order valence-corrected chi connectivity index (χ1v) is 4.67. The molecule has 0 saturated carbocycles. The van der Waals surface area contributed by atoms with Gasteiger partial charge in [-0.1, -0.05) is 6.92 Å². The minimum Gasteiger partial charge on any atom is -0.497 e. The van der Waals surface area contributed by atoms with Crippen LogP contribution in [-0.2, 0) is 0 Å². The standard InChI is InChI=1S/C10H13BO4/c1-3-9(12)7-4-5-10(15-2)8(6-7)11(13)14/h4-6,13-14H,3H2,1-2H3. The zero-order chi connectivity index (χ0) is 11.4. The highest BCUT2D eigenvalue weighted by Crippen LogP contribution is 2.11. The van der Waals surface area contributed by atoms with Crippen LogP contribution in [0.4, 0.5) is 0 Å². The summed E-state index contributed by atoms with van der Waals surface area (Å²) in [5.74, 6) is 0.317. The normalized spacial score (nSPS) is 9.87. The van der Waals surface area contributed by atoms with E-state index in [-0.39, 0.29) is 11.2 Å². The molecule has 2 N–H and O–H groups in total. The number of Topliss-reactive ketones (excluding diaryl/α,β-unsaturated/α-hetero) is 1. The molecule has 0 unspecified atom stereocenters. The Bertz CT molecular complexity index is 362. The Morgan fingerprint density at radius 1 is 1.47 bits per heavy atom. The molecular weight excluding hydrogens is 195 g/mol. The molecule has 0 fully saturated rings. The van der Waals surface area contributed by atoms with Crippen molar-refractivity contribution in [3.63, 3.8) is 0 Å². The minimum atomic E-state index is -1.63. The van der Waals surface area contributed by atoms with Gasteiger partial charge in [0.2, 0.25) is 0 Å². The zero-order valence-electron chi connectivity index (χ0n) is 8.73. The summed E-state index contributed by atoms with van der Waals surface area (Å²) in [6.45, 7) is 1.75. The molecule has 1 aromatic rings. The van der Waals surface area contributed by atoms with Crippen LogP contribution in [0, 0.1) is 0 Å². The van der Waals surface area contributed by atoms with Gasteiger partial charge >= 0.3 is 7.12 Å². The third kappa shape index (κ3) is 2.58. The molecule has 0 atom stereocenters. The monoisotopic (exact) mass is 208 g/mol. The SMILES string of the molecule is CCC(=O)c1ccc(OC)c(B(O)O)c1. The summed E-state index contributed by atoms with van der Waals surface area (Å²) < 4.78 is 4.94. The van der Waals surface area contributed by atoms with Gasteiger partial charge in [-0.2, -0.15) is 0 Å². The predicted octanol–water partition coefficient (Wildman–Crippen LogP) is -0.0323. The molecule has 15 heavy (non-hydrogen) atoms. The first-order chi connectivity index (χ1) is 7.10. The van der Waals surface area contributed by atoms with Gasteiger partial charge in [-0.15, -0.1) is 0 Å². The van der Waals surface area contributed by atoms with Gasteiger partial charge in [0.05, 0.1) is 7.11 Å². The number of benzene rings is 1. The molecule has 0 heterocycles. The lowest BCUT2D eigenvalue weighted by molar-refractivity contribution is 0.0988.